The lowest BCUT2D eigenvalue weighted by molar-refractivity contribution is 0.00473. The van der Waals surface area contributed by atoms with Crippen LogP contribution in [0.5, 0.6) is 0 Å². The van der Waals surface area contributed by atoms with Crippen molar-refractivity contribution in [2.45, 2.75) is 69.0 Å². The highest BCUT2D eigenvalue weighted by Crippen LogP contribution is 2.40. The predicted octanol–water partition coefficient (Wildman–Crippen LogP) is 3.73. The molecule has 0 radical (unpaired) electrons. The fraction of sp³-hybridized carbons (Fsp3) is 0.350. The van der Waals surface area contributed by atoms with Crippen LogP contribution >= 0.6 is 12.4 Å². The number of urea groups is 1. The van der Waals surface area contributed by atoms with Crippen molar-refractivity contribution in [2.24, 2.45) is 0 Å². The van der Waals surface area contributed by atoms with Gasteiger partial charge in [0.2, 0.25) is 5.95 Å². The molecule has 4 heterocycles. The highest BCUT2D eigenvalue weighted by molar-refractivity contribution is 5.87. The van der Waals surface area contributed by atoms with Gasteiger partial charge < -0.3 is 40.7 Å². The van der Waals surface area contributed by atoms with E-state index < -0.39 is 30.3 Å². The minimum atomic E-state index is -1.16. The zero-order valence-electron chi connectivity index (χ0n) is 31.7. The first kappa shape index (κ1) is 40.0. The quantitative estimate of drug-likeness (QED) is 0.0981. The number of hydrogen-bond donors (Lipinski definition) is 6. The van der Waals surface area contributed by atoms with E-state index in [-0.39, 0.29) is 42.5 Å². The van der Waals surface area contributed by atoms with Gasteiger partial charge in [0.25, 0.3) is 0 Å². The lowest BCUT2D eigenvalue weighted by atomic mass is 9.91. The Hall–Kier alpha value is -6.17. The average molecular weight is 809 g/mol. The van der Waals surface area contributed by atoms with Crippen LogP contribution in [-0.2, 0) is 13.0 Å². The number of aliphatic hydroxyl groups is 2. The molecule has 1 aliphatic heterocycles. The van der Waals surface area contributed by atoms with E-state index in [1.807, 2.05) is 48.2 Å². The summed E-state index contributed by atoms with van der Waals surface area (Å²) in [7, 11) is 0. The molecule has 1 saturated carbocycles. The number of carboxylic acids is 1. The van der Waals surface area contributed by atoms with Crippen molar-refractivity contribution in [3.05, 3.63) is 119 Å². The van der Waals surface area contributed by atoms with Gasteiger partial charge >= 0.3 is 12.0 Å². The first-order valence-corrected chi connectivity index (χ1v) is 19.1. The zero-order chi connectivity index (χ0) is 39.5. The summed E-state index contributed by atoms with van der Waals surface area (Å²) in [6.45, 7) is 3.68. The largest absolute Gasteiger partial charge is 0.478 e. The monoisotopic (exact) mass is 808 g/mol. The topological polar surface area (TPSA) is 221 Å². The van der Waals surface area contributed by atoms with Crippen molar-refractivity contribution >= 4 is 47.3 Å². The third-order valence-electron chi connectivity index (χ3n) is 10.8. The van der Waals surface area contributed by atoms with Gasteiger partial charge in [0.15, 0.2) is 22.8 Å². The second-order valence-electron chi connectivity index (χ2n) is 14.4. The molecule has 0 bridgehead atoms. The Labute approximate surface area is 339 Å². The molecule has 5 unspecified atom stereocenters. The summed E-state index contributed by atoms with van der Waals surface area (Å²) in [5.41, 5.74) is 4.23. The van der Waals surface area contributed by atoms with E-state index in [0.29, 0.717) is 67.7 Å². The number of aromatic nitrogens is 8. The molecule has 2 fully saturated rings. The number of amides is 2. The standard InChI is InChI=1S/C40H44N12O5.ClH/c1-2-32-47-49-52(48-32)31-19-30(34(53)35(31)54)51-23-43-33-36(41-21-29(25-9-5-3-6-10-25)26-11-7-4-8-12-26)45-39(46-37(33)51)50-18-17-28(22-50)44-40(57)42-20-24-13-15-27(16-14-24)38(55)56;/h3-16,23,28-31,34-35,53-54H,2,17-22H2,1H3,(H,55,56)(H,41,45,46)(H2,42,44,57);1H. The van der Waals surface area contributed by atoms with E-state index in [1.54, 1.807) is 23.0 Å². The normalized spacial score (nSPS) is 20.3. The molecule has 18 heteroatoms. The molecule has 5 atom stereocenters. The maximum absolute atomic E-state index is 12.9. The van der Waals surface area contributed by atoms with Gasteiger partial charge in [0.05, 0.1) is 17.9 Å². The van der Waals surface area contributed by atoms with Gasteiger partial charge in [-0.15, -0.1) is 22.6 Å². The SMILES string of the molecule is CCc1nnn(C2CC(n3cnc4c(NCC(c5ccccc5)c5ccccc5)nc(N5CCC(NC(=O)NCc6ccc(C(=O)O)cc6)C5)nc43)C(O)C2O)n1.Cl. The Kier molecular flexibility index (Phi) is 12.1. The number of carbonyl (C=O) groups is 2. The summed E-state index contributed by atoms with van der Waals surface area (Å²) >= 11 is 0. The summed E-state index contributed by atoms with van der Waals surface area (Å²) in [4.78, 5) is 42.3. The number of halogens is 1. The van der Waals surface area contributed by atoms with Gasteiger partial charge in [-0.2, -0.15) is 14.8 Å². The van der Waals surface area contributed by atoms with Crippen LogP contribution in [0.15, 0.2) is 91.3 Å². The molecule has 6 N–H and O–H groups in total. The van der Waals surface area contributed by atoms with E-state index in [1.165, 1.54) is 16.9 Å². The Bertz CT molecular complexity index is 2290. The van der Waals surface area contributed by atoms with Crippen LogP contribution in [0.3, 0.4) is 0 Å². The van der Waals surface area contributed by atoms with Gasteiger partial charge in [0.1, 0.15) is 18.2 Å². The number of imidazole rings is 1. The summed E-state index contributed by atoms with van der Waals surface area (Å²) in [6.07, 6.45) is 0.871. The van der Waals surface area contributed by atoms with Crippen LogP contribution in [0, 0.1) is 0 Å². The Morgan fingerprint density at radius 2 is 1.60 bits per heavy atom. The number of benzene rings is 3. The number of nitrogens with zero attached hydrogens (tertiary/aromatic N) is 9. The highest BCUT2D eigenvalue weighted by atomic mass is 35.5. The van der Waals surface area contributed by atoms with Crippen LogP contribution in [0.2, 0.25) is 0 Å². The zero-order valence-corrected chi connectivity index (χ0v) is 32.5. The van der Waals surface area contributed by atoms with Crippen molar-refractivity contribution in [3.63, 3.8) is 0 Å². The van der Waals surface area contributed by atoms with E-state index >= 15 is 0 Å². The van der Waals surface area contributed by atoms with E-state index in [2.05, 4.69) is 55.6 Å². The Balaban J connectivity index is 0.00000512. The summed E-state index contributed by atoms with van der Waals surface area (Å²) in [5, 5.41) is 53.9. The second-order valence-corrected chi connectivity index (χ2v) is 14.4. The molecule has 6 aromatic rings. The molecule has 1 saturated heterocycles. The van der Waals surface area contributed by atoms with Crippen molar-refractivity contribution < 1.29 is 24.9 Å². The van der Waals surface area contributed by atoms with Gasteiger partial charge in [-0.25, -0.2) is 14.6 Å². The molecule has 8 rings (SSSR count). The fourth-order valence-electron chi connectivity index (χ4n) is 7.68. The third-order valence-corrected chi connectivity index (χ3v) is 10.8. The number of tetrazole rings is 1. The number of rotatable bonds is 13. The average Bonchev–Trinajstić information content (AvgIpc) is 4.05. The van der Waals surface area contributed by atoms with Crippen molar-refractivity contribution in [2.75, 3.05) is 29.9 Å². The third kappa shape index (κ3) is 8.41. The summed E-state index contributed by atoms with van der Waals surface area (Å²) in [6, 6.07) is 25.1. The number of anilines is 2. The number of carboxylic acid groups (broad SMARTS) is 1. The van der Waals surface area contributed by atoms with Crippen LogP contribution in [0.1, 0.15) is 70.6 Å². The van der Waals surface area contributed by atoms with Crippen molar-refractivity contribution in [1.29, 1.82) is 0 Å². The molecule has 0 spiro atoms. The van der Waals surface area contributed by atoms with E-state index in [0.717, 1.165) is 16.7 Å². The molecule has 58 heavy (non-hydrogen) atoms. The molecular formula is C40H45ClN12O5. The Morgan fingerprint density at radius 1 is 0.914 bits per heavy atom. The lowest BCUT2D eigenvalue weighted by Crippen LogP contribution is -2.43. The van der Waals surface area contributed by atoms with Crippen LogP contribution in [0.4, 0.5) is 16.6 Å². The molecule has 3 aromatic carbocycles. The number of aromatic carboxylic acids is 1. The summed E-state index contributed by atoms with van der Waals surface area (Å²) < 4.78 is 1.80. The van der Waals surface area contributed by atoms with E-state index in [9.17, 15) is 19.8 Å². The molecule has 2 aliphatic rings. The predicted molar refractivity (Wildman–Crippen MR) is 217 cm³/mol. The van der Waals surface area contributed by atoms with Gasteiger partial charge in [-0.05, 0) is 46.9 Å². The van der Waals surface area contributed by atoms with Crippen LogP contribution in [-0.4, -0.2) is 105 Å². The fourth-order valence-corrected chi connectivity index (χ4v) is 7.68. The molecule has 2 amide bonds. The molecule has 3 aromatic heterocycles. The number of nitrogens with one attached hydrogen (secondary N) is 3. The number of hydrogen-bond acceptors (Lipinski definition) is 12. The minimum Gasteiger partial charge on any atom is -0.478 e. The van der Waals surface area contributed by atoms with Gasteiger partial charge in [-0.1, -0.05) is 79.7 Å². The molecule has 17 nitrogen and oxygen atoms in total. The first-order chi connectivity index (χ1) is 27.7. The van der Waals surface area contributed by atoms with Crippen LogP contribution in [0.25, 0.3) is 11.2 Å². The smallest absolute Gasteiger partial charge is 0.335 e. The van der Waals surface area contributed by atoms with Crippen LogP contribution < -0.4 is 20.9 Å². The molecule has 1 aliphatic carbocycles. The summed E-state index contributed by atoms with van der Waals surface area (Å²) in [5.74, 6) is 0.484. The maximum Gasteiger partial charge on any atom is 0.335 e. The number of aliphatic hydroxyl groups excluding tert-OH is 2. The maximum atomic E-state index is 12.9. The van der Waals surface area contributed by atoms with E-state index in [4.69, 9.17) is 20.1 Å². The number of fused-ring (bicyclic) bond motifs is 1. The van der Waals surface area contributed by atoms with Gasteiger partial charge in [-0.3, -0.25) is 0 Å². The van der Waals surface area contributed by atoms with Gasteiger partial charge in [0, 0.05) is 44.6 Å². The minimum absolute atomic E-state index is 0. The molecule has 302 valence electrons. The van der Waals surface area contributed by atoms with Crippen molar-refractivity contribution in [3.8, 4) is 0 Å². The van der Waals surface area contributed by atoms with Crippen molar-refractivity contribution in [1.82, 2.24) is 50.4 Å². The highest BCUT2D eigenvalue weighted by Gasteiger charge is 2.45. The lowest BCUT2D eigenvalue weighted by Gasteiger charge is -2.22. The first-order valence-electron chi connectivity index (χ1n) is 19.1. The molecular weight excluding hydrogens is 764 g/mol. The number of carbonyl (C=O) groups excluding carboxylic acids is 1. The second kappa shape index (κ2) is 17.5. The number of aryl methyl sites for hydroxylation is 1. The Morgan fingerprint density at radius 3 is 2.26 bits per heavy atom.